The van der Waals surface area contributed by atoms with Gasteiger partial charge >= 0.3 is 0 Å². The van der Waals surface area contributed by atoms with E-state index in [1.165, 1.54) is 13.1 Å². The molecule has 0 atom stereocenters. The molecule has 1 rings (SSSR count). The second kappa shape index (κ2) is 3.02. The summed E-state index contributed by atoms with van der Waals surface area (Å²) in [6.45, 7) is 3.33. The first-order valence-electron chi connectivity index (χ1n) is 3.14. The smallest absolute Gasteiger partial charge is 0.220 e. The first-order valence-corrected chi connectivity index (χ1v) is 4.79. The molecule has 0 amide bonds. The Hall–Kier alpha value is -1.24. The zero-order valence-corrected chi connectivity index (χ0v) is 7.32. The summed E-state index contributed by atoms with van der Waals surface area (Å²) in [4.78, 5) is 0. The summed E-state index contributed by atoms with van der Waals surface area (Å²) >= 11 is 0. The Morgan fingerprint density at radius 3 is 2.75 bits per heavy atom. The van der Waals surface area contributed by atoms with E-state index >= 15 is 0 Å². The largest absolute Gasteiger partial charge is 0.267 e. The van der Waals surface area contributed by atoms with Gasteiger partial charge in [-0.1, -0.05) is 11.2 Å². The van der Waals surface area contributed by atoms with Gasteiger partial charge in [0.05, 0.1) is 5.75 Å². The quantitative estimate of drug-likeness (QED) is 0.578. The molecule has 1 aromatic heterocycles. The SMILES string of the molecule is C=CCS(=O)(=O)c1nnnn1C. The van der Waals surface area contributed by atoms with E-state index in [1.54, 1.807) is 0 Å². The Labute approximate surface area is 69.8 Å². The predicted molar refractivity (Wildman–Crippen MR) is 41.0 cm³/mol. The van der Waals surface area contributed by atoms with Crippen molar-refractivity contribution in [3.8, 4) is 0 Å². The summed E-state index contributed by atoms with van der Waals surface area (Å²) in [5, 5.41) is 9.86. The maximum absolute atomic E-state index is 11.3. The third kappa shape index (κ3) is 1.50. The van der Waals surface area contributed by atoms with Crippen LogP contribution in [-0.4, -0.2) is 34.4 Å². The third-order valence-electron chi connectivity index (χ3n) is 1.20. The Kier molecular flexibility index (Phi) is 2.22. The first-order chi connectivity index (χ1) is 5.58. The number of hydrogen-bond acceptors (Lipinski definition) is 5. The molecule has 6 nitrogen and oxygen atoms in total. The molecule has 1 aromatic rings. The van der Waals surface area contributed by atoms with E-state index in [2.05, 4.69) is 22.1 Å². The summed E-state index contributed by atoms with van der Waals surface area (Å²) in [7, 11) is -1.92. The molecule has 0 bridgehead atoms. The molecule has 0 unspecified atom stereocenters. The van der Waals surface area contributed by atoms with Crippen LogP contribution in [0, 0.1) is 0 Å². The van der Waals surface area contributed by atoms with Crippen LogP contribution in [0.2, 0.25) is 0 Å². The lowest BCUT2D eigenvalue weighted by Gasteiger charge is -1.96. The summed E-state index contributed by atoms with van der Waals surface area (Å²) in [6.07, 6.45) is 1.30. The van der Waals surface area contributed by atoms with Gasteiger partial charge in [-0.3, -0.25) is 0 Å². The Morgan fingerprint density at radius 2 is 2.33 bits per heavy atom. The summed E-state index contributed by atoms with van der Waals surface area (Å²) in [5.41, 5.74) is 0. The normalized spacial score (nSPS) is 11.4. The molecular formula is C5H8N4O2S. The minimum Gasteiger partial charge on any atom is -0.220 e. The average molecular weight is 188 g/mol. The maximum Gasteiger partial charge on any atom is 0.267 e. The van der Waals surface area contributed by atoms with Crippen LogP contribution >= 0.6 is 0 Å². The van der Waals surface area contributed by atoms with E-state index < -0.39 is 9.84 Å². The lowest BCUT2D eigenvalue weighted by atomic mass is 10.8. The molecule has 0 aliphatic rings. The zero-order chi connectivity index (χ0) is 9.19. The fourth-order valence-corrected chi connectivity index (χ4v) is 1.77. The summed E-state index contributed by atoms with van der Waals surface area (Å²) in [6, 6.07) is 0. The van der Waals surface area contributed by atoms with Gasteiger partial charge in [0.15, 0.2) is 0 Å². The molecule has 0 aromatic carbocycles. The second-order valence-corrected chi connectivity index (χ2v) is 4.08. The highest BCUT2D eigenvalue weighted by Gasteiger charge is 2.18. The van der Waals surface area contributed by atoms with Crippen LogP contribution < -0.4 is 0 Å². The highest BCUT2D eigenvalue weighted by Crippen LogP contribution is 2.03. The van der Waals surface area contributed by atoms with Gasteiger partial charge in [-0.2, -0.15) is 0 Å². The van der Waals surface area contributed by atoms with E-state index in [-0.39, 0.29) is 10.9 Å². The van der Waals surface area contributed by atoms with Gasteiger partial charge in [0, 0.05) is 7.05 Å². The van der Waals surface area contributed by atoms with Crippen molar-refractivity contribution in [2.24, 2.45) is 7.05 Å². The van der Waals surface area contributed by atoms with Crippen LogP contribution in [0.15, 0.2) is 17.8 Å². The molecule has 0 N–H and O–H groups in total. The lowest BCUT2D eigenvalue weighted by molar-refractivity contribution is 0.572. The zero-order valence-electron chi connectivity index (χ0n) is 6.51. The number of hydrogen-bond donors (Lipinski definition) is 0. The molecule has 0 saturated heterocycles. The molecular weight excluding hydrogens is 180 g/mol. The number of aromatic nitrogens is 4. The monoisotopic (exact) mass is 188 g/mol. The van der Waals surface area contributed by atoms with Crippen LogP contribution in [-0.2, 0) is 16.9 Å². The molecule has 0 aliphatic heterocycles. The van der Waals surface area contributed by atoms with Crippen LogP contribution in [0.5, 0.6) is 0 Å². The van der Waals surface area contributed by atoms with E-state index in [9.17, 15) is 8.42 Å². The van der Waals surface area contributed by atoms with Crippen molar-refractivity contribution in [1.29, 1.82) is 0 Å². The number of tetrazole rings is 1. The first kappa shape index (κ1) is 8.85. The van der Waals surface area contributed by atoms with Crippen molar-refractivity contribution in [1.82, 2.24) is 20.2 Å². The van der Waals surface area contributed by atoms with Gasteiger partial charge in [0.1, 0.15) is 0 Å². The highest BCUT2D eigenvalue weighted by atomic mass is 32.2. The van der Waals surface area contributed by atoms with Gasteiger partial charge in [-0.15, -0.1) is 6.58 Å². The number of aryl methyl sites for hydroxylation is 1. The van der Waals surface area contributed by atoms with Gasteiger partial charge < -0.3 is 0 Å². The van der Waals surface area contributed by atoms with Gasteiger partial charge in [0.25, 0.3) is 5.16 Å². The van der Waals surface area contributed by atoms with E-state index in [0.29, 0.717) is 0 Å². The molecule has 12 heavy (non-hydrogen) atoms. The van der Waals surface area contributed by atoms with E-state index in [0.717, 1.165) is 4.68 Å². The van der Waals surface area contributed by atoms with Crippen LogP contribution in [0.1, 0.15) is 0 Å². The van der Waals surface area contributed by atoms with Crippen molar-refractivity contribution in [3.05, 3.63) is 12.7 Å². The van der Waals surface area contributed by atoms with Crippen molar-refractivity contribution < 1.29 is 8.42 Å². The molecule has 0 radical (unpaired) electrons. The Morgan fingerprint density at radius 1 is 1.67 bits per heavy atom. The van der Waals surface area contributed by atoms with Gasteiger partial charge in [-0.05, 0) is 10.4 Å². The number of rotatable bonds is 3. The highest BCUT2D eigenvalue weighted by molar-refractivity contribution is 7.91. The van der Waals surface area contributed by atoms with E-state index in [4.69, 9.17) is 0 Å². The predicted octanol–water partition coefficient (Wildman–Crippen LogP) is -0.830. The maximum atomic E-state index is 11.3. The molecule has 0 fully saturated rings. The topological polar surface area (TPSA) is 77.7 Å². The van der Waals surface area contributed by atoms with Crippen molar-refractivity contribution in [2.45, 2.75) is 5.16 Å². The minimum atomic E-state index is -3.39. The number of sulfone groups is 1. The summed E-state index contributed by atoms with van der Waals surface area (Å²) in [5.74, 6) is -0.152. The molecule has 1 heterocycles. The fraction of sp³-hybridized carbons (Fsp3) is 0.400. The Balaban J connectivity index is 3.14. The molecule has 66 valence electrons. The van der Waals surface area contributed by atoms with Crippen LogP contribution in [0.3, 0.4) is 0 Å². The van der Waals surface area contributed by atoms with Crippen molar-refractivity contribution >= 4 is 9.84 Å². The average Bonchev–Trinajstić information content (AvgIpc) is 2.35. The van der Waals surface area contributed by atoms with E-state index in [1.807, 2.05) is 0 Å². The number of nitrogens with zero attached hydrogens (tertiary/aromatic N) is 4. The molecule has 0 aliphatic carbocycles. The second-order valence-electron chi connectivity index (χ2n) is 2.16. The van der Waals surface area contributed by atoms with Crippen molar-refractivity contribution in [2.75, 3.05) is 5.75 Å². The Bertz CT molecular complexity index is 380. The third-order valence-corrected chi connectivity index (χ3v) is 2.77. The standard InChI is InChI=1S/C5H8N4O2S/c1-3-4-12(10,11)5-6-7-8-9(5)2/h3H,1,4H2,2H3. The molecule has 7 heteroatoms. The van der Waals surface area contributed by atoms with Gasteiger partial charge in [0.2, 0.25) is 9.84 Å². The van der Waals surface area contributed by atoms with Crippen LogP contribution in [0.4, 0.5) is 0 Å². The van der Waals surface area contributed by atoms with Gasteiger partial charge in [-0.25, -0.2) is 13.1 Å². The van der Waals surface area contributed by atoms with Crippen molar-refractivity contribution in [3.63, 3.8) is 0 Å². The summed E-state index contributed by atoms with van der Waals surface area (Å²) < 4.78 is 23.7. The minimum absolute atomic E-state index is 0.137. The molecule has 0 saturated carbocycles. The van der Waals surface area contributed by atoms with Crippen LogP contribution in [0.25, 0.3) is 0 Å². The fourth-order valence-electron chi connectivity index (χ4n) is 0.714. The molecule has 0 spiro atoms. The lowest BCUT2D eigenvalue weighted by Crippen LogP contribution is -2.11.